The molecule has 190 valence electrons. The Balaban J connectivity index is 1.41. The number of hydrogen-bond acceptors (Lipinski definition) is 4. The number of rotatable bonds is 9. The number of amides is 4. The van der Waals surface area contributed by atoms with Gasteiger partial charge in [-0.05, 0) is 56.0 Å². The van der Waals surface area contributed by atoms with Crippen LogP contribution in [0.25, 0.3) is 0 Å². The fraction of sp³-hybridized carbons (Fsp3) is 0.429. The largest absolute Gasteiger partial charge is 0.352 e. The van der Waals surface area contributed by atoms with Gasteiger partial charge in [0.25, 0.3) is 11.8 Å². The number of carbonyl (C=O) groups is 4. The highest BCUT2D eigenvalue weighted by molar-refractivity contribution is 9.10. The molecular formula is C28H32BrN3O4. The first-order chi connectivity index (χ1) is 17.3. The highest BCUT2D eigenvalue weighted by Gasteiger charge is 2.35. The molecule has 36 heavy (non-hydrogen) atoms. The van der Waals surface area contributed by atoms with Gasteiger partial charge in [0.15, 0.2) is 0 Å². The quantitative estimate of drug-likeness (QED) is 0.456. The van der Waals surface area contributed by atoms with E-state index in [2.05, 4.69) is 21.2 Å². The second-order valence-corrected chi connectivity index (χ2v) is 10.5. The summed E-state index contributed by atoms with van der Waals surface area (Å²) in [5.41, 5.74) is 1.71. The van der Waals surface area contributed by atoms with Gasteiger partial charge in [0, 0.05) is 30.0 Å². The molecule has 0 aromatic heterocycles. The molecule has 4 amide bonds. The zero-order valence-corrected chi connectivity index (χ0v) is 22.1. The minimum atomic E-state index is -0.641. The molecule has 1 N–H and O–H groups in total. The third kappa shape index (κ3) is 6.03. The Kier molecular flexibility index (Phi) is 8.56. The standard InChI is InChI=1S/C28H32BrN3O4/c1-19(26(34)30-22-11-3-2-4-12-22)32(18-20-9-7-10-21(29)17-20)25(33)15-8-16-31-27(35)23-13-5-6-14-24(23)28(31)36/h5-7,9-10,13-14,17,19,22H,2-4,8,11-12,15-16,18H2,1H3,(H,30,34)/t19-/m0/s1. The van der Waals surface area contributed by atoms with Crippen LogP contribution in [-0.2, 0) is 16.1 Å². The fourth-order valence-corrected chi connectivity index (χ4v) is 5.40. The monoisotopic (exact) mass is 553 g/mol. The van der Waals surface area contributed by atoms with Crippen LogP contribution in [0.5, 0.6) is 0 Å². The third-order valence-electron chi connectivity index (χ3n) is 7.01. The van der Waals surface area contributed by atoms with Crippen molar-refractivity contribution in [3.05, 3.63) is 69.7 Å². The molecular weight excluding hydrogens is 522 g/mol. The summed E-state index contributed by atoms with van der Waals surface area (Å²) in [6, 6.07) is 13.9. The Labute approximate surface area is 220 Å². The Morgan fingerprint density at radius 1 is 1.03 bits per heavy atom. The second kappa shape index (κ2) is 11.8. The molecule has 7 nitrogen and oxygen atoms in total. The zero-order valence-electron chi connectivity index (χ0n) is 20.5. The molecule has 2 aromatic rings. The molecule has 1 fully saturated rings. The lowest BCUT2D eigenvalue weighted by atomic mass is 9.95. The number of halogens is 1. The molecule has 1 atom stereocenters. The van der Waals surface area contributed by atoms with Gasteiger partial charge in [0.1, 0.15) is 6.04 Å². The highest BCUT2D eigenvalue weighted by atomic mass is 79.9. The molecule has 4 rings (SSSR count). The first-order valence-corrected chi connectivity index (χ1v) is 13.4. The molecule has 0 unspecified atom stereocenters. The molecule has 0 spiro atoms. The smallest absolute Gasteiger partial charge is 0.261 e. The topological polar surface area (TPSA) is 86.8 Å². The van der Waals surface area contributed by atoms with Crippen LogP contribution in [-0.4, -0.2) is 52.1 Å². The van der Waals surface area contributed by atoms with Gasteiger partial charge >= 0.3 is 0 Å². The zero-order chi connectivity index (χ0) is 25.7. The van der Waals surface area contributed by atoms with Crippen LogP contribution in [0.1, 0.15) is 78.1 Å². The average Bonchev–Trinajstić information content (AvgIpc) is 3.12. The van der Waals surface area contributed by atoms with Gasteiger partial charge in [-0.3, -0.25) is 24.1 Å². The summed E-state index contributed by atoms with van der Waals surface area (Å²) in [5, 5.41) is 3.13. The highest BCUT2D eigenvalue weighted by Crippen LogP contribution is 2.23. The van der Waals surface area contributed by atoms with E-state index < -0.39 is 6.04 Å². The predicted octanol–water partition coefficient (Wildman–Crippen LogP) is 4.69. The van der Waals surface area contributed by atoms with Gasteiger partial charge in [0.2, 0.25) is 11.8 Å². The molecule has 0 bridgehead atoms. The van der Waals surface area contributed by atoms with Gasteiger partial charge in [-0.25, -0.2) is 0 Å². The van der Waals surface area contributed by atoms with E-state index in [0.29, 0.717) is 24.1 Å². The van der Waals surface area contributed by atoms with E-state index >= 15 is 0 Å². The van der Waals surface area contributed by atoms with Crippen molar-refractivity contribution in [3.63, 3.8) is 0 Å². The van der Waals surface area contributed by atoms with Gasteiger partial charge < -0.3 is 10.2 Å². The lowest BCUT2D eigenvalue weighted by molar-refractivity contribution is -0.141. The second-order valence-electron chi connectivity index (χ2n) is 9.58. The summed E-state index contributed by atoms with van der Waals surface area (Å²) in [6.07, 6.45) is 5.81. The fourth-order valence-electron chi connectivity index (χ4n) is 4.96. The Morgan fingerprint density at radius 3 is 2.33 bits per heavy atom. The third-order valence-corrected chi connectivity index (χ3v) is 7.50. The van der Waals surface area contributed by atoms with Crippen molar-refractivity contribution in [2.75, 3.05) is 6.54 Å². The molecule has 8 heteroatoms. The summed E-state index contributed by atoms with van der Waals surface area (Å²) in [7, 11) is 0. The van der Waals surface area contributed by atoms with Crippen molar-refractivity contribution < 1.29 is 19.2 Å². The van der Waals surface area contributed by atoms with Crippen LogP contribution < -0.4 is 5.32 Å². The summed E-state index contributed by atoms with van der Waals surface area (Å²) >= 11 is 3.47. The number of carbonyl (C=O) groups excluding carboxylic acids is 4. The lowest BCUT2D eigenvalue weighted by Gasteiger charge is -2.31. The van der Waals surface area contributed by atoms with E-state index in [-0.39, 0.29) is 42.6 Å². The van der Waals surface area contributed by atoms with Crippen molar-refractivity contribution in [2.24, 2.45) is 0 Å². The van der Waals surface area contributed by atoms with Crippen LogP contribution >= 0.6 is 15.9 Å². The van der Waals surface area contributed by atoms with Crippen molar-refractivity contribution in [2.45, 2.75) is 70.5 Å². The van der Waals surface area contributed by atoms with Gasteiger partial charge in [-0.15, -0.1) is 0 Å². The Bertz CT molecular complexity index is 1110. The minimum Gasteiger partial charge on any atom is -0.352 e. The van der Waals surface area contributed by atoms with Crippen LogP contribution in [0, 0.1) is 0 Å². The van der Waals surface area contributed by atoms with Crippen LogP contribution in [0.3, 0.4) is 0 Å². The Morgan fingerprint density at radius 2 is 1.69 bits per heavy atom. The van der Waals surface area contributed by atoms with Crippen molar-refractivity contribution in [3.8, 4) is 0 Å². The maximum atomic E-state index is 13.4. The molecule has 1 aliphatic carbocycles. The minimum absolute atomic E-state index is 0.127. The maximum Gasteiger partial charge on any atom is 0.261 e. The van der Waals surface area contributed by atoms with E-state index in [0.717, 1.165) is 35.7 Å². The van der Waals surface area contributed by atoms with Gasteiger partial charge in [0.05, 0.1) is 11.1 Å². The summed E-state index contributed by atoms with van der Waals surface area (Å²) < 4.78 is 0.900. The summed E-state index contributed by atoms with van der Waals surface area (Å²) in [6.45, 7) is 2.22. The van der Waals surface area contributed by atoms with E-state index in [9.17, 15) is 19.2 Å². The SMILES string of the molecule is C[C@@H](C(=O)NC1CCCCC1)N(Cc1cccc(Br)c1)C(=O)CCCN1C(=O)c2ccccc2C1=O. The van der Waals surface area contributed by atoms with Crippen molar-refractivity contribution >= 4 is 39.6 Å². The molecule has 0 saturated heterocycles. The number of fused-ring (bicyclic) bond motifs is 1. The number of imide groups is 1. The Hall–Kier alpha value is -3.00. The molecule has 1 saturated carbocycles. The predicted molar refractivity (Wildman–Crippen MR) is 140 cm³/mol. The normalized spacial score (nSPS) is 16.6. The number of benzene rings is 2. The lowest BCUT2D eigenvalue weighted by Crippen LogP contribution is -2.50. The van der Waals surface area contributed by atoms with Gasteiger partial charge in [-0.1, -0.05) is 59.5 Å². The average molecular weight is 554 g/mol. The van der Waals surface area contributed by atoms with Crippen molar-refractivity contribution in [1.82, 2.24) is 15.1 Å². The molecule has 0 radical (unpaired) electrons. The van der Waals surface area contributed by atoms with Crippen LogP contribution in [0.4, 0.5) is 0 Å². The first-order valence-electron chi connectivity index (χ1n) is 12.6. The maximum absolute atomic E-state index is 13.4. The molecule has 1 aliphatic heterocycles. The van der Waals surface area contributed by atoms with Gasteiger partial charge in [-0.2, -0.15) is 0 Å². The summed E-state index contributed by atoms with van der Waals surface area (Å²) in [5.74, 6) is -0.980. The molecule has 2 aromatic carbocycles. The van der Waals surface area contributed by atoms with Crippen LogP contribution in [0.2, 0.25) is 0 Å². The van der Waals surface area contributed by atoms with E-state index in [1.54, 1.807) is 36.1 Å². The van der Waals surface area contributed by atoms with E-state index in [4.69, 9.17) is 0 Å². The summed E-state index contributed by atoms with van der Waals surface area (Å²) in [4.78, 5) is 54.5. The number of hydrogen-bond donors (Lipinski definition) is 1. The number of nitrogens with zero attached hydrogens (tertiary/aromatic N) is 2. The van der Waals surface area contributed by atoms with E-state index in [1.807, 2.05) is 24.3 Å². The van der Waals surface area contributed by atoms with Crippen molar-refractivity contribution in [1.29, 1.82) is 0 Å². The molecule has 1 heterocycles. The molecule has 2 aliphatic rings. The van der Waals surface area contributed by atoms with E-state index in [1.165, 1.54) is 11.3 Å². The van der Waals surface area contributed by atoms with Crippen LogP contribution in [0.15, 0.2) is 53.0 Å². The number of nitrogens with one attached hydrogen (secondary N) is 1. The first kappa shape index (κ1) is 26.1.